The van der Waals surface area contributed by atoms with Gasteiger partial charge in [-0.1, -0.05) is 17.7 Å². The predicted molar refractivity (Wildman–Crippen MR) is 113 cm³/mol. The molecule has 0 aliphatic rings. The first-order chi connectivity index (χ1) is 13.8. The van der Waals surface area contributed by atoms with Crippen LogP contribution in [-0.4, -0.2) is 30.0 Å². The highest BCUT2D eigenvalue weighted by Gasteiger charge is 2.24. The standard InChI is InChI=1S/C18H13ClN4O4S2/c1-22(15-4-2-3-8-20-15)29(26,27)11-5-6-13(19)14(10-11)23-17(24)12-7-9-28-16(12)21-18(23)25/h2-10H,1H3,(H,21,25). The Morgan fingerprint density at radius 2 is 1.97 bits per heavy atom. The fourth-order valence-electron chi connectivity index (χ4n) is 2.80. The molecule has 4 rings (SSSR count). The Bertz CT molecular complexity index is 1440. The van der Waals surface area contributed by atoms with Gasteiger partial charge in [-0.05, 0) is 41.8 Å². The minimum Gasteiger partial charge on any atom is -0.298 e. The topological polar surface area (TPSA) is 105 Å². The van der Waals surface area contributed by atoms with Crippen LogP contribution in [0.2, 0.25) is 5.02 Å². The molecule has 0 aliphatic carbocycles. The molecule has 29 heavy (non-hydrogen) atoms. The van der Waals surface area contributed by atoms with E-state index in [1.165, 1.54) is 42.8 Å². The molecule has 0 amide bonds. The first-order valence-electron chi connectivity index (χ1n) is 8.23. The number of aromatic nitrogens is 3. The smallest absolute Gasteiger partial charge is 0.298 e. The van der Waals surface area contributed by atoms with Crippen molar-refractivity contribution in [3.63, 3.8) is 0 Å². The first-order valence-corrected chi connectivity index (χ1v) is 10.9. The molecule has 3 heterocycles. The maximum atomic E-state index is 13.0. The first kappa shape index (κ1) is 19.4. The maximum absolute atomic E-state index is 13.0. The van der Waals surface area contributed by atoms with Crippen LogP contribution in [0.3, 0.4) is 0 Å². The number of sulfonamides is 1. The molecule has 0 saturated carbocycles. The summed E-state index contributed by atoms with van der Waals surface area (Å²) in [6.45, 7) is 0. The number of nitrogens with one attached hydrogen (secondary N) is 1. The number of thiophene rings is 1. The van der Waals surface area contributed by atoms with Crippen LogP contribution in [0, 0.1) is 0 Å². The molecule has 11 heteroatoms. The lowest BCUT2D eigenvalue weighted by Crippen LogP contribution is -2.33. The van der Waals surface area contributed by atoms with Crippen LogP contribution in [0.15, 0.2) is 68.5 Å². The lowest BCUT2D eigenvalue weighted by Gasteiger charge is -2.19. The Kier molecular flexibility index (Phi) is 4.77. The van der Waals surface area contributed by atoms with Gasteiger partial charge in [-0.25, -0.2) is 22.8 Å². The summed E-state index contributed by atoms with van der Waals surface area (Å²) >= 11 is 7.44. The third kappa shape index (κ3) is 3.24. The van der Waals surface area contributed by atoms with Gasteiger partial charge in [-0.2, -0.15) is 0 Å². The van der Waals surface area contributed by atoms with Crippen LogP contribution in [0.5, 0.6) is 0 Å². The molecule has 148 valence electrons. The van der Waals surface area contributed by atoms with Crippen molar-refractivity contribution in [2.24, 2.45) is 0 Å². The monoisotopic (exact) mass is 448 g/mol. The van der Waals surface area contributed by atoms with Crippen LogP contribution in [0.4, 0.5) is 5.82 Å². The fourth-order valence-corrected chi connectivity index (χ4v) is 4.95. The van der Waals surface area contributed by atoms with E-state index in [9.17, 15) is 18.0 Å². The molecule has 0 radical (unpaired) electrons. The van der Waals surface area contributed by atoms with E-state index in [0.717, 1.165) is 8.87 Å². The molecule has 4 aromatic rings. The van der Waals surface area contributed by atoms with Gasteiger partial charge >= 0.3 is 5.69 Å². The van der Waals surface area contributed by atoms with E-state index in [1.54, 1.807) is 29.6 Å². The zero-order chi connectivity index (χ0) is 20.8. The second kappa shape index (κ2) is 7.14. The van der Waals surface area contributed by atoms with Crippen LogP contribution in [-0.2, 0) is 10.0 Å². The van der Waals surface area contributed by atoms with Crippen molar-refractivity contribution in [3.05, 3.63) is 79.9 Å². The summed E-state index contributed by atoms with van der Waals surface area (Å²) in [6, 6.07) is 10.3. The number of benzene rings is 1. The zero-order valence-electron chi connectivity index (χ0n) is 14.9. The molecular formula is C18H13ClN4O4S2. The highest BCUT2D eigenvalue weighted by molar-refractivity contribution is 7.92. The quantitative estimate of drug-likeness (QED) is 0.516. The summed E-state index contributed by atoms with van der Waals surface area (Å²) in [5.41, 5.74) is -1.32. The number of H-pyrrole nitrogens is 1. The van der Waals surface area contributed by atoms with Gasteiger partial charge in [0.2, 0.25) is 0 Å². The van der Waals surface area contributed by atoms with Gasteiger partial charge in [-0.15, -0.1) is 11.3 Å². The SMILES string of the molecule is CN(c1ccccn1)S(=O)(=O)c1ccc(Cl)c(-n2c(=O)[nH]c3sccc3c2=O)c1. The Morgan fingerprint density at radius 3 is 2.69 bits per heavy atom. The van der Waals surface area contributed by atoms with Crippen molar-refractivity contribution < 1.29 is 8.42 Å². The normalized spacial score (nSPS) is 11.7. The average molecular weight is 449 g/mol. The molecule has 0 saturated heterocycles. The van der Waals surface area contributed by atoms with Gasteiger partial charge in [0.1, 0.15) is 10.6 Å². The van der Waals surface area contributed by atoms with Gasteiger partial charge in [0, 0.05) is 13.2 Å². The Balaban J connectivity index is 1.90. The van der Waals surface area contributed by atoms with Crippen LogP contribution in [0.1, 0.15) is 0 Å². The minimum absolute atomic E-state index is 0.0264. The Hall–Kier alpha value is -2.95. The van der Waals surface area contributed by atoms with E-state index in [0.29, 0.717) is 10.2 Å². The predicted octanol–water partition coefficient (Wildman–Crippen LogP) is 2.61. The van der Waals surface area contributed by atoms with Crippen molar-refractivity contribution in [3.8, 4) is 5.69 Å². The number of hydrogen-bond acceptors (Lipinski definition) is 6. The minimum atomic E-state index is -4.01. The lowest BCUT2D eigenvalue weighted by atomic mass is 10.3. The summed E-state index contributed by atoms with van der Waals surface area (Å²) < 4.78 is 27.9. The molecular weight excluding hydrogens is 436 g/mol. The van der Waals surface area contributed by atoms with Crippen molar-refractivity contribution in [1.29, 1.82) is 0 Å². The van der Waals surface area contributed by atoms with Gasteiger partial charge < -0.3 is 0 Å². The third-order valence-corrected chi connectivity index (χ3v) is 7.22. The van der Waals surface area contributed by atoms with E-state index in [1.807, 2.05) is 0 Å². The van der Waals surface area contributed by atoms with Crippen LogP contribution < -0.4 is 15.6 Å². The fraction of sp³-hybridized carbons (Fsp3) is 0.0556. The highest BCUT2D eigenvalue weighted by Crippen LogP contribution is 2.26. The van der Waals surface area contributed by atoms with E-state index < -0.39 is 21.3 Å². The number of anilines is 1. The molecule has 8 nitrogen and oxygen atoms in total. The second-order valence-corrected chi connectivity index (χ2v) is 9.30. The molecule has 0 fully saturated rings. The summed E-state index contributed by atoms with van der Waals surface area (Å²) in [5, 5.41) is 2.05. The summed E-state index contributed by atoms with van der Waals surface area (Å²) in [6.07, 6.45) is 1.48. The maximum Gasteiger partial charge on any atom is 0.334 e. The molecule has 3 aromatic heterocycles. The molecule has 0 unspecified atom stereocenters. The molecule has 0 spiro atoms. The van der Waals surface area contributed by atoms with Crippen LogP contribution >= 0.6 is 22.9 Å². The highest BCUT2D eigenvalue weighted by atomic mass is 35.5. The number of aromatic amines is 1. The average Bonchev–Trinajstić information content (AvgIpc) is 3.18. The zero-order valence-corrected chi connectivity index (χ0v) is 17.3. The Labute approximate surface area is 173 Å². The number of rotatable bonds is 4. The number of pyridine rings is 1. The number of nitrogens with zero attached hydrogens (tertiary/aromatic N) is 3. The molecule has 0 atom stereocenters. The number of hydrogen-bond donors (Lipinski definition) is 1. The van der Waals surface area contributed by atoms with E-state index in [2.05, 4.69) is 9.97 Å². The summed E-state index contributed by atoms with van der Waals surface area (Å²) in [4.78, 5) is 32.3. The lowest BCUT2D eigenvalue weighted by molar-refractivity contribution is 0.594. The number of fused-ring (bicyclic) bond motifs is 1. The van der Waals surface area contributed by atoms with E-state index in [-0.39, 0.29) is 21.4 Å². The van der Waals surface area contributed by atoms with Crippen LogP contribution in [0.25, 0.3) is 15.9 Å². The largest absolute Gasteiger partial charge is 0.334 e. The van der Waals surface area contributed by atoms with Crippen molar-refractivity contribution in [1.82, 2.24) is 14.5 Å². The summed E-state index contributed by atoms with van der Waals surface area (Å²) in [5.74, 6) is 0.221. The number of halogens is 1. The third-order valence-electron chi connectivity index (χ3n) is 4.31. The van der Waals surface area contributed by atoms with Crippen molar-refractivity contribution in [2.75, 3.05) is 11.4 Å². The molecule has 0 aliphatic heterocycles. The van der Waals surface area contributed by atoms with Gasteiger partial charge in [-0.3, -0.25) is 14.1 Å². The van der Waals surface area contributed by atoms with Gasteiger partial charge in [0.05, 0.1) is 21.0 Å². The molecule has 1 N–H and O–H groups in total. The van der Waals surface area contributed by atoms with E-state index in [4.69, 9.17) is 11.6 Å². The van der Waals surface area contributed by atoms with Gasteiger partial charge in [0.25, 0.3) is 15.6 Å². The Morgan fingerprint density at radius 1 is 1.17 bits per heavy atom. The summed E-state index contributed by atoms with van der Waals surface area (Å²) in [7, 11) is -2.65. The second-order valence-electron chi connectivity index (χ2n) is 6.01. The van der Waals surface area contributed by atoms with E-state index >= 15 is 0 Å². The molecule has 0 bridgehead atoms. The van der Waals surface area contributed by atoms with Crippen molar-refractivity contribution in [2.45, 2.75) is 4.90 Å². The van der Waals surface area contributed by atoms with Crippen molar-refractivity contribution >= 4 is 49.0 Å². The van der Waals surface area contributed by atoms with Gasteiger partial charge in [0.15, 0.2) is 0 Å². The molecule has 1 aromatic carbocycles.